The first-order valence-electron chi connectivity index (χ1n) is 10.4. The molecule has 1 fully saturated rings. The van der Waals surface area contributed by atoms with Gasteiger partial charge in [0, 0.05) is 18.3 Å². The molecule has 0 saturated carbocycles. The summed E-state index contributed by atoms with van der Waals surface area (Å²) in [5.41, 5.74) is 8.48. The quantitative estimate of drug-likeness (QED) is 0.490. The van der Waals surface area contributed by atoms with Crippen molar-refractivity contribution < 1.29 is 22.7 Å². The molecule has 0 aliphatic carbocycles. The number of nitrogens with two attached hydrogens (primary N) is 1. The van der Waals surface area contributed by atoms with Crippen LogP contribution in [0.1, 0.15) is 35.1 Å². The van der Waals surface area contributed by atoms with E-state index in [-0.39, 0.29) is 17.1 Å². The third kappa shape index (κ3) is 3.77. The van der Waals surface area contributed by atoms with Gasteiger partial charge in [0.2, 0.25) is 0 Å². The van der Waals surface area contributed by atoms with E-state index in [1.165, 1.54) is 23.2 Å². The van der Waals surface area contributed by atoms with E-state index in [1.807, 2.05) is 18.2 Å². The number of halogens is 4. The molecule has 2 N–H and O–H groups in total. The van der Waals surface area contributed by atoms with E-state index in [4.69, 9.17) is 22.1 Å². The second-order valence-corrected chi connectivity index (χ2v) is 10.0. The van der Waals surface area contributed by atoms with Crippen LogP contribution in [-0.4, -0.2) is 40.9 Å². The van der Waals surface area contributed by atoms with Gasteiger partial charge in [-0.3, -0.25) is 0 Å². The fourth-order valence-electron chi connectivity index (χ4n) is 4.65. The molecule has 1 saturated heterocycles. The van der Waals surface area contributed by atoms with Crippen LogP contribution in [0, 0.1) is 0 Å². The van der Waals surface area contributed by atoms with Gasteiger partial charge in [-0.05, 0) is 53.1 Å². The lowest BCUT2D eigenvalue weighted by molar-refractivity contribution is -0.160. The highest BCUT2D eigenvalue weighted by Crippen LogP contribution is 2.56. The lowest BCUT2D eigenvalue weighted by Gasteiger charge is -2.46. The van der Waals surface area contributed by atoms with Gasteiger partial charge >= 0.3 is 12.2 Å². The molecule has 2 amide bonds. The zero-order valence-corrected chi connectivity index (χ0v) is 18.9. The van der Waals surface area contributed by atoms with Crippen LogP contribution in [0.2, 0.25) is 5.15 Å². The van der Waals surface area contributed by atoms with E-state index in [1.54, 1.807) is 0 Å². The molecule has 5 rings (SSSR count). The second-order valence-electron chi connectivity index (χ2n) is 8.59. The molecule has 174 valence electrons. The number of pyridine rings is 1. The molecule has 3 aliphatic rings. The van der Waals surface area contributed by atoms with Gasteiger partial charge in [0.15, 0.2) is 4.75 Å². The van der Waals surface area contributed by atoms with Gasteiger partial charge in [0.1, 0.15) is 10.8 Å². The summed E-state index contributed by atoms with van der Waals surface area (Å²) in [5.74, 6) is 0. The Balaban J connectivity index is 1.26. The highest BCUT2D eigenvalue weighted by atomic mass is 35.5. The zero-order chi connectivity index (χ0) is 23.4. The number of ether oxygens (including phenoxy) is 1. The van der Waals surface area contributed by atoms with Gasteiger partial charge in [-0.1, -0.05) is 35.9 Å². The van der Waals surface area contributed by atoms with Crippen LogP contribution in [0.25, 0.3) is 0 Å². The van der Waals surface area contributed by atoms with Crippen molar-refractivity contribution in [3.05, 3.63) is 63.9 Å². The van der Waals surface area contributed by atoms with E-state index >= 15 is 0 Å². The molecule has 3 aliphatic heterocycles. The summed E-state index contributed by atoms with van der Waals surface area (Å²) >= 11 is 6.31. The third-order valence-corrected chi connectivity index (χ3v) is 8.00. The maximum atomic E-state index is 14.1. The van der Waals surface area contributed by atoms with Gasteiger partial charge in [-0.2, -0.15) is 13.2 Å². The van der Waals surface area contributed by atoms with Crippen LogP contribution in [0.5, 0.6) is 0 Å². The molecule has 1 atom stereocenters. The van der Waals surface area contributed by atoms with Crippen LogP contribution in [0.15, 0.2) is 40.9 Å². The molecular formula is C22H20ClF3N4O2S. The third-order valence-electron chi connectivity index (χ3n) is 6.51. The fourth-order valence-corrected chi connectivity index (χ4v) is 5.76. The molecule has 2 aromatic rings. The Morgan fingerprint density at radius 2 is 2.03 bits per heavy atom. The first-order valence-corrected chi connectivity index (χ1v) is 11.5. The van der Waals surface area contributed by atoms with Crippen LogP contribution < -0.4 is 5.73 Å². The van der Waals surface area contributed by atoms with Gasteiger partial charge < -0.3 is 15.4 Å². The molecule has 11 heteroatoms. The Labute approximate surface area is 197 Å². The van der Waals surface area contributed by atoms with Gasteiger partial charge in [0.05, 0.1) is 19.7 Å². The number of alkyl halides is 3. The SMILES string of the molecule is NC(=O)N1CC2(C1)OCc1cc(CCC3=NSC(c4ccc(Cl)nc4)(C(F)(F)F)C3)ccc12. The number of fused-ring (bicyclic) bond motifs is 2. The van der Waals surface area contributed by atoms with Crippen LogP contribution in [0.4, 0.5) is 18.0 Å². The minimum absolute atomic E-state index is 0.0497. The molecule has 4 heterocycles. The summed E-state index contributed by atoms with van der Waals surface area (Å²) in [7, 11) is 0. The Morgan fingerprint density at radius 3 is 2.70 bits per heavy atom. The summed E-state index contributed by atoms with van der Waals surface area (Å²) in [5, 5.41) is 0.145. The topological polar surface area (TPSA) is 80.8 Å². The Morgan fingerprint density at radius 1 is 1.24 bits per heavy atom. The van der Waals surface area contributed by atoms with Crippen molar-refractivity contribution in [3.63, 3.8) is 0 Å². The zero-order valence-electron chi connectivity index (χ0n) is 17.4. The minimum atomic E-state index is -4.49. The second kappa shape index (κ2) is 7.89. The Hall–Kier alpha value is -2.30. The van der Waals surface area contributed by atoms with E-state index in [0.29, 0.717) is 50.2 Å². The Kier molecular flexibility index (Phi) is 5.37. The van der Waals surface area contributed by atoms with E-state index in [2.05, 4.69) is 9.38 Å². The number of aromatic nitrogens is 1. The molecular weight excluding hydrogens is 477 g/mol. The van der Waals surface area contributed by atoms with Crippen LogP contribution >= 0.6 is 23.5 Å². The number of urea groups is 1. The predicted molar refractivity (Wildman–Crippen MR) is 119 cm³/mol. The summed E-state index contributed by atoms with van der Waals surface area (Å²) in [4.78, 5) is 16.7. The average Bonchev–Trinajstić information content (AvgIpc) is 3.34. The average molecular weight is 497 g/mol. The number of carbonyl (C=O) groups excluding carboxylic acids is 1. The van der Waals surface area contributed by atoms with Crippen molar-refractivity contribution in [1.82, 2.24) is 9.88 Å². The molecule has 0 radical (unpaired) electrons. The Bertz CT molecular complexity index is 1140. The van der Waals surface area contributed by atoms with Gasteiger partial charge in [0.25, 0.3) is 0 Å². The fraction of sp³-hybridized carbons (Fsp3) is 0.409. The number of likely N-dealkylation sites (tertiary alicyclic amines) is 1. The maximum Gasteiger partial charge on any atom is 0.409 e. The molecule has 6 nitrogen and oxygen atoms in total. The molecule has 1 aromatic heterocycles. The van der Waals surface area contributed by atoms with Gasteiger partial charge in [-0.25, -0.2) is 14.2 Å². The normalized spacial score (nSPS) is 23.4. The molecule has 33 heavy (non-hydrogen) atoms. The number of carbonyl (C=O) groups is 1. The molecule has 1 spiro atoms. The highest BCUT2D eigenvalue weighted by molar-refractivity contribution is 7.99. The molecule has 1 unspecified atom stereocenters. The number of primary amides is 1. The number of amides is 2. The summed E-state index contributed by atoms with van der Waals surface area (Å²) in [6.07, 6.45) is -2.53. The lowest BCUT2D eigenvalue weighted by Crippen LogP contribution is -2.62. The highest BCUT2D eigenvalue weighted by Gasteiger charge is 2.60. The minimum Gasteiger partial charge on any atom is -0.362 e. The standard InChI is InChI=1S/C22H20ClF3N4O2S/c23-18-6-3-15(9-28-18)21(22(24,25)26)8-16(29-33-21)4-1-13-2-5-17-14(7-13)10-32-20(17)11-30(12-20)19(27)31/h2-3,5-7,9H,1,4,8,10-12H2,(H2,27,31). The summed E-state index contributed by atoms with van der Waals surface area (Å²) < 4.78 is 50.2. The van der Waals surface area contributed by atoms with Crippen LogP contribution in [-0.2, 0) is 28.1 Å². The number of benzene rings is 1. The van der Waals surface area contributed by atoms with Crippen molar-refractivity contribution in [2.45, 2.75) is 42.4 Å². The maximum absolute atomic E-state index is 14.1. The van der Waals surface area contributed by atoms with Crippen molar-refractivity contribution >= 4 is 35.3 Å². The summed E-state index contributed by atoms with van der Waals surface area (Å²) in [6.45, 7) is 1.30. The van der Waals surface area contributed by atoms with Crippen molar-refractivity contribution in [2.24, 2.45) is 10.1 Å². The lowest BCUT2D eigenvalue weighted by atomic mass is 9.84. The molecule has 0 bridgehead atoms. The van der Waals surface area contributed by atoms with Crippen molar-refractivity contribution in [2.75, 3.05) is 13.1 Å². The van der Waals surface area contributed by atoms with E-state index in [0.717, 1.165) is 16.7 Å². The van der Waals surface area contributed by atoms with E-state index < -0.39 is 22.6 Å². The van der Waals surface area contributed by atoms with Gasteiger partial charge in [-0.15, -0.1) is 0 Å². The number of nitrogens with zero attached hydrogens (tertiary/aromatic N) is 3. The number of rotatable bonds is 4. The monoisotopic (exact) mass is 496 g/mol. The first kappa shape index (κ1) is 22.5. The van der Waals surface area contributed by atoms with Crippen molar-refractivity contribution in [1.29, 1.82) is 0 Å². The number of hydrogen-bond acceptors (Lipinski definition) is 5. The largest absolute Gasteiger partial charge is 0.409 e. The van der Waals surface area contributed by atoms with E-state index in [9.17, 15) is 18.0 Å². The predicted octanol–water partition coefficient (Wildman–Crippen LogP) is 4.74. The molecule has 1 aromatic carbocycles. The smallest absolute Gasteiger partial charge is 0.362 e. The van der Waals surface area contributed by atoms with Crippen LogP contribution in [0.3, 0.4) is 0 Å². The first-order chi connectivity index (χ1) is 15.6. The number of hydrogen-bond donors (Lipinski definition) is 1. The van der Waals surface area contributed by atoms with Crippen molar-refractivity contribution in [3.8, 4) is 0 Å². The summed E-state index contributed by atoms with van der Waals surface area (Å²) in [6, 6.07) is 8.25. The number of aryl methyl sites for hydroxylation is 1.